The molecule has 0 atom stereocenters. The molecule has 0 aromatic carbocycles. The van der Waals surface area contributed by atoms with E-state index in [0.29, 0.717) is 22.6 Å². The van der Waals surface area contributed by atoms with E-state index in [-0.39, 0.29) is 11.5 Å². The molecule has 0 unspecified atom stereocenters. The van der Waals surface area contributed by atoms with Gasteiger partial charge >= 0.3 is 5.97 Å². The first-order valence-corrected chi connectivity index (χ1v) is 9.07. The standard InChI is InChI=1S/C20H24N4O4/c1-12(2)7-8-21-13-10-14-16(23-19(25)15-6-5-9-28-15)17(20(26)27-4)24(3)18(14)22-11-13/h5-6,9-12,21H,7-8H2,1-4H3,(H,23,25). The number of pyridine rings is 1. The number of anilines is 2. The fourth-order valence-electron chi connectivity index (χ4n) is 2.96. The lowest BCUT2D eigenvalue weighted by molar-refractivity contribution is 0.0591. The van der Waals surface area contributed by atoms with E-state index in [1.165, 1.54) is 13.4 Å². The molecule has 8 nitrogen and oxygen atoms in total. The Morgan fingerprint density at radius 1 is 1.36 bits per heavy atom. The predicted molar refractivity (Wildman–Crippen MR) is 107 cm³/mol. The summed E-state index contributed by atoms with van der Waals surface area (Å²) in [6.07, 6.45) is 4.14. The molecular formula is C20H24N4O4. The molecule has 3 aromatic rings. The monoisotopic (exact) mass is 384 g/mol. The molecule has 28 heavy (non-hydrogen) atoms. The van der Waals surface area contributed by atoms with Crippen molar-refractivity contribution >= 4 is 34.3 Å². The number of esters is 1. The van der Waals surface area contributed by atoms with Crippen molar-refractivity contribution in [3.63, 3.8) is 0 Å². The van der Waals surface area contributed by atoms with Crippen LogP contribution in [0.1, 0.15) is 41.3 Å². The van der Waals surface area contributed by atoms with Crippen LogP contribution >= 0.6 is 0 Å². The van der Waals surface area contributed by atoms with Gasteiger partial charge in [0.15, 0.2) is 11.5 Å². The average Bonchev–Trinajstić information content (AvgIpc) is 3.29. The second-order valence-electron chi connectivity index (χ2n) is 6.91. The number of aryl methyl sites for hydroxylation is 1. The maximum Gasteiger partial charge on any atom is 0.356 e. The van der Waals surface area contributed by atoms with Crippen molar-refractivity contribution in [2.24, 2.45) is 13.0 Å². The number of amides is 1. The fraction of sp³-hybridized carbons (Fsp3) is 0.350. The van der Waals surface area contributed by atoms with Crippen molar-refractivity contribution in [2.45, 2.75) is 20.3 Å². The Morgan fingerprint density at radius 2 is 2.14 bits per heavy atom. The molecule has 148 valence electrons. The molecular weight excluding hydrogens is 360 g/mol. The summed E-state index contributed by atoms with van der Waals surface area (Å²) in [5.41, 5.74) is 1.92. The first-order valence-electron chi connectivity index (χ1n) is 9.07. The van der Waals surface area contributed by atoms with E-state index in [9.17, 15) is 9.59 Å². The summed E-state index contributed by atoms with van der Waals surface area (Å²) in [6.45, 7) is 5.12. The molecule has 8 heteroatoms. The van der Waals surface area contributed by atoms with Gasteiger partial charge in [0.2, 0.25) is 0 Å². The summed E-state index contributed by atoms with van der Waals surface area (Å²) in [6, 6.07) is 5.04. The molecule has 0 saturated heterocycles. The topological polar surface area (TPSA) is 98.4 Å². The highest BCUT2D eigenvalue weighted by Gasteiger charge is 2.25. The summed E-state index contributed by atoms with van der Waals surface area (Å²) in [5.74, 6) is -0.299. The lowest BCUT2D eigenvalue weighted by atomic mass is 10.1. The van der Waals surface area contributed by atoms with Crippen molar-refractivity contribution in [1.29, 1.82) is 0 Å². The van der Waals surface area contributed by atoms with Gasteiger partial charge in [-0.15, -0.1) is 0 Å². The quantitative estimate of drug-likeness (QED) is 0.603. The van der Waals surface area contributed by atoms with Gasteiger partial charge in [-0.1, -0.05) is 13.8 Å². The van der Waals surface area contributed by atoms with E-state index >= 15 is 0 Å². The van der Waals surface area contributed by atoms with Gasteiger partial charge in [0, 0.05) is 19.0 Å². The molecule has 1 amide bonds. The number of carbonyl (C=O) groups excluding carboxylic acids is 2. The largest absolute Gasteiger partial charge is 0.464 e. The summed E-state index contributed by atoms with van der Waals surface area (Å²) < 4.78 is 11.7. The third-order valence-electron chi connectivity index (χ3n) is 4.44. The second kappa shape index (κ2) is 8.16. The van der Waals surface area contributed by atoms with Crippen molar-refractivity contribution in [3.8, 4) is 0 Å². The SMILES string of the molecule is COC(=O)c1c(NC(=O)c2ccco2)c2cc(NCCC(C)C)cnc2n1C. The zero-order chi connectivity index (χ0) is 20.3. The van der Waals surface area contributed by atoms with Crippen LogP contribution in [-0.4, -0.2) is 35.1 Å². The van der Waals surface area contributed by atoms with Gasteiger partial charge in [-0.3, -0.25) is 4.79 Å². The minimum absolute atomic E-state index is 0.145. The van der Waals surface area contributed by atoms with E-state index in [0.717, 1.165) is 18.7 Å². The molecule has 0 radical (unpaired) electrons. The molecule has 2 N–H and O–H groups in total. The van der Waals surface area contributed by atoms with E-state index < -0.39 is 11.9 Å². The molecule has 0 aliphatic heterocycles. The van der Waals surface area contributed by atoms with Crippen LogP contribution in [-0.2, 0) is 11.8 Å². The molecule has 0 spiro atoms. The highest BCUT2D eigenvalue weighted by atomic mass is 16.5. The smallest absolute Gasteiger partial charge is 0.356 e. The maximum absolute atomic E-state index is 12.5. The van der Waals surface area contributed by atoms with Gasteiger partial charge in [-0.25, -0.2) is 9.78 Å². The number of methoxy groups -OCH3 is 1. The van der Waals surface area contributed by atoms with Crippen LogP contribution in [0.15, 0.2) is 35.1 Å². The van der Waals surface area contributed by atoms with Gasteiger partial charge in [0.05, 0.1) is 30.9 Å². The predicted octanol–water partition coefficient (Wildman–Crippen LogP) is 3.66. The Balaban J connectivity index is 2.03. The van der Waals surface area contributed by atoms with Crippen molar-refractivity contribution in [1.82, 2.24) is 9.55 Å². The Morgan fingerprint density at radius 3 is 2.79 bits per heavy atom. The number of hydrogen-bond donors (Lipinski definition) is 2. The van der Waals surface area contributed by atoms with Gasteiger partial charge in [0.25, 0.3) is 5.91 Å². The van der Waals surface area contributed by atoms with Crippen LogP contribution < -0.4 is 10.6 Å². The molecule has 3 rings (SSSR count). The third-order valence-corrected chi connectivity index (χ3v) is 4.44. The van der Waals surface area contributed by atoms with E-state index in [2.05, 4.69) is 29.5 Å². The van der Waals surface area contributed by atoms with Gasteiger partial charge < -0.3 is 24.4 Å². The van der Waals surface area contributed by atoms with E-state index in [4.69, 9.17) is 9.15 Å². The first kappa shape index (κ1) is 19.5. The molecule has 3 heterocycles. The van der Waals surface area contributed by atoms with Crippen LogP contribution in [0.3, 0.4) is 0 Å². The zero-order valence-corrected chi connectivity index (χ0v) is 16.4. The number of nitrogens with one attached hydrogen (secondary N) is 2. The zero-order valence-electron chi connectivity index (χ0n) is 16.4. The third kappa shape index (κ3) is 3.85. The molecule has 0 bridgehead atoms. The Bertz CT molecular complexity index is 989. The number of hydrogen-bond acceptors (Lipinski definition) is 6. The molecule has 0 aliphatic rings. The number of carbonyl (C=O) groups is 2. The number of furan rings is 1. The summed E-state index contributed by atoms with van der Waals surface area (Å²) in [7, 11) is 3.00. The van der Waals surface area contributed by atoms with Crippen LogP contribution in [0.5, 0.6) is 0 Å². The highest BCUT2D eigenvalue weighted by molar-refractivity contribution is 6.14. The second-order valence-corrected chi connectivity index (χ2v) is 6.91. The minimum atomic E-state index is -0.565. The average molecular weight is 384 g/mol. The van der Waals surface area contributed by atoms with Gasteiger partial charge in [-0.05, 0) is 30.5 Å². The number of rotatable bonds is 7. The van der Waals surface area contributed by atoms with Crippen molar-refractivity contribution in [2.75, 3.05) is 24.3 Å². The number of ether oxygens (including phenoxy) is 1. The first-order chi connectivity index (χ1) is 13.4. The Labute approximate surface area is 162 Å². The van der Waals surface area contributed by atoms with E-state index in [1.54, 1.807) is 29.9 Å². The number of nitrogens with zero attached hydrogens (tertiary/aromatic N) is 2. The van der Waals surface area contributed by atoms with Crippen molar-refractivity contribution in [3.05, 3.63) is 42.1 Å². The lowest BCUT2D eigenvalue weighted by Crippen LogP contribution is -2.16. The van der Waals surface area contributed by atoms with Crippen molar-refractivity contribution < 1.29 is 18.7 Å². The highest BCUT2D eigenvalue weighted by Crippen LogP contribution is 2.32. The van der Waals surface area contributed by atoms with E-state index in [1.807, 2.05) is 6.07 Å². The maximum atomic E-state index is 12.5. The Hall–Kier alpha value is -3.29. The summed E-state index contributed by atoms with van der Waals surface area (Å²) >= 11 is 0. The normalized spacial score (nSPS) is 11.0. The van der Waals surface area contributed by atoms with Crippen LogP contribution in [0.2, 0.25) is 0 Å². The molecule has 0 aliphatic carbocycles. The lowest BCUT2D eigenvalue weighted by Gasteiger charge is -2.09. The fourth-order valence-corrected chi connectivity index (χ4v) is 2.96. The number of fused-ring (bicyclic) bond motifs is 1. The summed E-state index contributed by atoms with van der Waals surface area (Å²) in [5, 5.41) is 6.74. The van der Waals surface area contributed by atoms with Crippen LogP contribution in [0, 0.1) is 5.92 Å². The minimum Gasteiger partial charge on any atom is -0.464 e. The van der Waals surface area contributed by atoms with Crippen LogP contribution in [0.25, 0.3) is 11.0 Å². The summed E-state index contributed by atoms with van der Waals surface area (Å²) in [4.78, 5) is 29.3. The molecule has 3 aromatic heterocycles. The number of aromatic nitrogens is 2. The van der Waals surface area contributed by atoms with Gasteiger partial charge in [0.1, 0.15) is 5.65 Å². The van der Waals surface area contributed by atoms with Crippen LogP contribution in [0.4, 0.5) is 11.4 Å². The molecule has 0 fully saturated rings. The molecule has 0 saturated carbocycles. The Kier molecular flexibility index (Phi) is 5.67. The van der Waals surface area contributed by atoms with Gasteiger partial charge in [-0.2, -0.15) is 0 Å².